The van der Waals surface area contributed by atoms with Crippen LogP contribution >= 0.6 is 0 Å². The lowest BCUT2D eigenvalue weighted by Crippen LogP contribution is -2.25. The fourth-order valence-corrected chi connectivity index (χ4v) is 0.874. The largest absolute Gasteiger partial charge is 0.364 e. The number of nitrogens with one attached hydrogen (secondary N) is 1. The molecule has 74 valence electrons. The molecule has 1 aromatic heterocycles. The van der Waals surface area contributed by atoms with Gasteiger partial charge in [0.05, 0.1) is 11.6 Å². The first-order chi connectivity index (χ1) is 6.57. The molecule has 0 spiro atoms. The normalized spacial score (nSPS) is 9.50. The van der Waals surface area contributed by atoms with Crippen LogP contribution in [0.2, 0.25) is 0 Å². The highest BCUT2D eigenvalue weighted by atomic mass is 16.3. The van der Waals surface area contributed by atoms with E-state index in [9.17, 15) is 14.5 Å². The highest BCUT2D eigenvalue weighted by Gasteiger charge is 2.21. The van der Waals surface area contributed by atoms with Gasteiger partial charge in [0.15, 0.2) is 11.5 Å². The molecule has 0 saturated carbocycles. The number of imidazole rings is 1. The molecule has 2 amide bonds. The summed E-state index contributed by atoms with van der Waals surface area (Å²) < 4.78 is 0. The number of nitrogens with zero attached hydrogens (tertiary/aromatic N) is 3. The Hall–Kier alpha value is -2.25. The number of carbonyl (C=O) groups is 2. The minimum atomic E-state index is -0.826. The summed E-state index contributed by atoms with van der Waals surface area (Å²) in [6.07, 6.45) is 1.14. The van der Waals surface area contributed by atoms with E-state index in [-0.39, 0.29) is 11.5 Å². The molecule has 0 unspecified atom stereocenters. The monoisotopic (exact) mass is 197 g/mol. The predicted molar refractivity (Wildman–Crippen MR) is 46.1 cm³/mol. The number of amides is 2. The lowest BCUT2D eigenvalue weighted by Gasteiger charge is -2.07. The quantitative estimate of drug-likeness (QED) is 0.502. The molecule has 0 fully saturated rings. The fourth-order valence-electron chi connectivity index (χ4n) is 0.874. The Morgan fingerprint density at radius 1 is 1.64 bits per heavy atom. The number of hydrogen-bond acceptors (Lipinski definition) is 5. The van der Waals surface area contributed by atoms with Crippen LogP contribution in [-0.2, 0) is 4.79 Å². The van der Waals surface area contributed by atoms with Crippen LogP contribution in [0, 0.1) is 4.91 Å². The van der Waals surface area contributed by atoms with Crippen molar-refractivity contribution in [3.05, 3.63) is 16.9 Å². The molecular weight excluding hydrogens is 190 g/mol. The first-order valence-electron chi connectivity index (χ1n) is 3.55. The molecule has 1 heterocycles. The first-order valence-corrected chi connectivity index (χ1v) is 3.55. The smallest absolute Gasteiger partial charge is 0.269 e. The molecule has 8 nitrogen and oxygen atoms in total. The van der Waals surface area contributed by atoms with Crippen LogP contribution in [0.5, 0.6) is 0 Å². The van der Waals surface area contributed by atoms with Crippen molar-refractivity contribution < 1.29 is 9.59 Å². The summed E-state index contributed by atoms with van der Waals surface area (Å²) in [5.74, 6) is -1.68. The van der Waals surface area contributed by atoms with Gasteiger partial charge in [-0.05, 0) is 0 Å². The number of H-pyrrole nitrogens is 1. The minimum absolute atomic E-state index is 0.139. The van der Waals surface area contributed by atoms with Crippen LogP contribution in [-0.4, -0.2) is 21.8 Å². The molecule has 1 rings (SSSR count). The van der Waals surface area contributed by atoms with Crippen molar-refractivity contribution >= 4 is 17.6 Å². The molecule has 14 heavy (non-hydrogen) atoms. The topological polar surface area (TPSA) is 122 Å². The highest BCUT2D eigenvalue weighted by molar-refractivity contribution is 6.00. The number of hydrogen-bond donors (Lipinski definition) is 2. The zero-order valence-corrected chi connectivity index (χ0v) is 7.22. The summed E-state index contributed by atoms with van der Waals surface area (Å²) >= 11 is 0. The highest BCUT2D eigenvalue weighted by Crippen LogP contribution is 2.15. The summed E-state index contributed by atoms with van der Waals surface area (Å²) in [6, 6.07) is 0. The Morgan fingerprint density at radius 2 is 2.29 bits per heavy atom. The Balaban J connectivity index is 3.16. The van der Waals surface area contributed by atoms with E-state index < -0.39 is 11.8 Å². The van der Waals surface area contributed by atoms with Gasteiger partial charge in [-0.2, -0.15) is 0 Å². The molecule has 0 aromatic carbocycles. The number of nitroso groups, excluding NO2 is 1. The Labute approximate surface area is 78.0 Å². The Morgan fingerprint density at radius 3 is 2.71 bits per heavy atom. The van der Waals surface area contributed by atoms with Gasteiger partial charge in [-0.25, -0.2) is 4.98 Å². The van der Waals surface area contributed by atoms with Gasteiger partial charge in [0.1, 0.15) is 0 Å². The van der Waals surface area contributed by atoms with Gasteiger partial charge in [-0.3, -0.25) is 9.59 Å². The van der Waals surface area contributed by atoms with Crippen molar-refractivity contribution in [1.29, 1.82) is 0 Å². The van der Waals surface area contributed by atoms with E-state index in [0.29, 0.717) is 5.01 Å². The van der Waals surface area contributed by atoms with Crippen LogP contribution in [0.1, 0.15) is 17.4 Å². The number of primary amides is 1. The van der Waals surface area contributed by atoms with Gasteiger partial charge >= 0.3 is 0 Å². The van der Waals surface area contributed by atoms with Crippen LogP contribution in [0.3, 0.4) is 0 Å². The summed E-state index contributed by atoms with van der Waals surface area (Å²) in [4.78, 5) is 37.9. The van der Waals surface area contributed by atoms with Gasteiger partial charge in [-0.15, -0.1) is 9.92 Å². The van der Waals surface area contributed by atoms with Crippen molar-refractivity contribution in [3.8, 4) is 0 Å². The van der Waals surface area contributed by atoms with Crippen molar-refractivity contribution in [2.75, 3.05) is 5.01 Å². The lowest BCUT2D eigenvalue weighted by atomic mass is 10.4. The zero-order valence-electron chi connectivity index (χ0n) is 7.22. The number of carbonyl (C=O) groups excluding carboxylic acids is 2. The van der Waals surface area contributed by atoms with E-state index in [2.05, 4.69) is 15.3 Å². The van der Waals surface area contributed by atoms with E-state index in [1.807, 2.05) is 0 Å². The number of nitrogens with two attached hydrogens (primary N) is 1. The average Bonchev–Trinajstić information content (AvgIpc) is 2.53. The van der Waals surface area contributed by atoms with E-state index >= 15 is 0 Å². The third-order valence-electron chi connectivity index (χ3n) is 1.45. The number of anilines is 1. The molecule has 0 bridgehead atoms. The average molecular weight is 197 g/mol. The van der Waals surface area contributed by atoms with Crippen molar-refractivity contribution in [2.45, 2.75) is 6.92 Å². The van der Waals surface area contributed by atoms with Gasteiger partial charge in [-0.1, -0.05) is 0 Å². The maximum atomic E-state index is 10.9. The van der Waals surface area contributed by atoms with Crippen LogP contribution in [0.4, 0.5) is 5.82 Å². The van der Waals surface area contributed by atoms with E-state index in [4.69, 9.17) is 5.73 Å². The van der Waals surface area contributed by atoms with Crippen LogP contribution in [0.15, 0.2) is 11.6 Å². The van der Waals surface area contributed by atoms with E-state index in [1.165, 1.54) is 0 Å². The number of aromatic amines is 1. The summed E-state index contributed by atoms with van der Waals surface area (Å²) in [7, 11) is 0. The molecule has 3 N–H and O–H groups in total. The van der Waals surface area contributed by atoms with Crippen molar-refractivity contribution in [3.63, 3.8) is 0 Å². The molecule has 0 saturated heterocycles. The van der Waals surface area contributed by atoms with Gasteiger partial charge in [0.2, 0.25) is 5.91 Å². The molecule has 0 atom stereocenters. The van der Waals surface area contributed by atoms with Crippen LogP contribution < -0.4 is 10.7 Å². The van der Waals surface area contributed by atoms with Gasteiger partial charge in [0.25, 0.3) is 5.91 Å². The summed E-state index contributed by atoms with van der Waals surface area (Å²) in [5.41, 5.74) is 4.82. The molecular formula is C6H7N5O3. The maximum Gasteiger partial charge on any atom is 0.269 e. The predicted octanol–water partition coefficient (Wildman–Crippen LogP) is -0.457. The molecule has 0 aliphatic heterocycles. The van der Waals surface area contributed by atoms with Gasteiger partial charge < -0.3 is 10.7 Å². The molecule has 0 aliphatic rings. The standard InChI is InChI=1S/C6H7N5O3/c1-3(12)11(10-14)6-4(5(7)13)8-2-9-6/h2H,1H3,(H2,7,13)(H,8,9). The molecule has 8 heteroatoms. The summed E-state index contributed by atoms with van der Waals surface area (Å²) in [6.45, 7) is 1.11. The maximum absolute atomic E-state index is 10.9. The minimum Gasteiger partial charge on any atom is -0.364 e. The molecule has 0 aliphatic carbocycles. The van der Waals surface area contributed by atoms with Crippen molar-refractivity contribution in [2.24, 2.45) is 11.0 Å². The van der Waals surface area contributed by atoms with Crippen LogP contribution in [0.25, 0.3) is 0 Å². The number of rotatable bonds is 3. The Bertz CT molecular complexity index is 385. The third kappa shape index (κ3) is 1.58. The zero-order chi connectivity index (χ0) is 10.7. The second-order valence-corrected chi connectivity index (χ2v) is 2.38. The SMILES string of the molecule is CC(=O)N(N=O)c1nc[nH]c1C(N)=O. The van der Waals surface area contributed by atoms with E-state index in [0.717, 1.165) is 13.3 Å². The molecule has 1 aromatic rings. The second kappa shape index (κ2) is 3.64. The molecule has 0 radical (unpaired) electrons. The summed E-state index contributed by atoms with van der Waals surface area (Å²) in [5, 5.41) is 2.86. The fraction of sp³-hybridized carbons (Fsp3) is 0.167. The first kappa shape index (κ1) is 9.84. The second-order valence-electron chi connectivity index (χ2n) is 2.38. The Kier molecular flexibility index (Phi) is 2.56. The lowest BCUT2D eigenvalue weighted by molar-refractivity contribution is -0.116. The number of aromatic nitrogens is 2. The van der Waals surface area contributed by atoms with Gasteiger partial charge in [0, 0.05) is 6.92 Å². The van der Waals surface area contributed by atoms with E-state index in [1.54, 1.807) is 0 Å². The third-order valence-corrected chi connectivity index (χ3v) is 1.45. The van der Waals surface area contributed by atoms with Crippen molar-refractivity contribution in [1.82, 2.24) is 9.97 Å².